The molecule has 2 aromatic heterocycles. The smallest absolute Gasteiger partial charge is 0.413 e. The zero-order valence-electron chi connectivity index (χ0n) is 22.5. The molecule has 0 fully saturated rings. The van der Waals surface area contributed by atoms with E-state index < -0.39 is 18.2 Å². The predicted octanol–water partition coefficient (Wildman–Crippen LogP) is 3.70. The van der Waals surface area contributed by atoms with Gasteiger partial charge in [-0.1, -0.05) is 44.2 Å². The molecule has 0 saturated carbocycles. The average molecular weight is 547 g/mol. The van der Waals surface area contributed by atoms with E-state index in [-0.39, 0.29) is 12.5 Å². The molecule has 0 radical (unpaired) electrons. The first kappa shape index (κ1) is 28.3. The molecule has 0 saturated heterocycles. The maximum Gasteiger partial charge on any atom is 0.413 e. The van der Waals surface area contributed by atoms with E-state index in [1.54, 1.807) is 30.6 Å². The van der Waals surface area contributed by atoms with Crippen LogP contribution in [-0.2, 0) is 22.7 Å². The molecule has 0 aliphatic rings. The van der Waals surface area contributed by atoms with Gasteiger partial charge in [0.25, 0.3) is 0 Å². The molecule has 40 heavy (non-hydrogen) atoms. The standard InChI is InChI=1S/C28H34N8O4/c1-17(2)14-36-16-32-23-24(36)20-6-3-4-8-22(20)34-25(23)35-28(39)40-15-18-9-11-19(12-10-18)33-26(37)21(29)7-5-13-31-27(30)38/h3-4,6,8-12,16-17,21H,5,7,13-15,29H2,1-2H3,(H,33,37)(H3,30,31,38)(H,34,35,39)/t21-/m0/s1. The van der Waals surface area contributed by atoms with Crippen LogP contribution >= 0.6 is 0 Å². The minimum atomic E-state index is -0.728. The second kappa shape index (κ2) is 12.9. The molecule has 7 N–H and O–H groups in total. The lowest BCUT2D eigenvalue weighted by Gasteiger charge is -2.13. The second-order valence-electron chi connectivity index (χ2n) is 9.89. The topological polar surface area (TPSA) is 179 Å². The number of fused-ring (bicyclic) bond motifs is 3. The highest BCUT2D eigenvalue weighted by molar-refractivity contribution is 6.08. The lowest BCUT2D eigenvalue weighted by atomic mass is 10.1. The number of hydrogen-bond donors (Lipinski definition) is 5. The average Bonchev–Trinajstić information content (AvgIpc) is 3.34. The monoisotopic (exact) mass is 546 g/mol. The Labute approximate surface area is 231 Å². The van der Waals surface area contributed by atoms with Gasteiger partial charge < -0.3 is 31.4 Å². The van der Waals surface area contributed by atoms with E-state index in [0.717, 1.165) is 28.5 Å². The molecule has 2 aromatic carbocycles. The first-order chi connectivity index (χ1) is 19.2. The summed E-state index contributed by atoms with van der Waals surface area (Å²) >= 11 is 0. The Morgan fingerprint density at radius 3 is 2.52 bits per heavy atom. The molecule has 4 aromatic rings. The maximum absolute atomic E-state index is 12.7. The number of nitrogens with two attached hydrogens (primary N) is 2. The molecule has 0 spiro atoms. The van der Waals surface area contributed by atoms with Crippen molar-refractivity contribution in [2.75, 3.05) is 17.2 Å². The van der Waals surface area contributed by atoms with Gasteiger partial charge in [-0.25, -0.2) is 19.6 Å². The molecule has 1 atom stereocenters. The summed E-state index contributed by atoms with van der Waals surface area (Å²) in [6.07, 6.45) is 2.03. The number of hydrogen-bond acceptors (Lipinski definition) is 7. The lowest BCUT2D eigenvalue weighted by Crippen LogP contribution is -2.37. The van der Waals surface area contributed by atoms with Gasteiger partial charge in [-0.15, -0.1) is 0 Å². The number of urea groups is 1. The van der Waals surface area contributed by atoms with E-state index in [1.807, 2.05) is 24.3 Å². The number of aromatic nitrogens is 3. The van der Waals surface area contributed by atoms with Gasteiger partial charge in [0.2, 0.25) is 5.91 Å². The van der Waals surface area contributed by atoms with Crippen molar-refractivity contribution in [1.82, 2.24) is 19.9 Å². The van der Waals surface area contributed by atoms with Crippen molar-refractivity contribution in [1.29, 1.82) is 0 Å². The summed E-state index contributed by atoms with van der Waals surface area (Å²) in [7, 11) is 0. The van der Waals surface area contributed by atoms with Crippen LogP contribution in [0, 0.1) is 5.92 Å². The van der Waals surface area contributed by atoms with E-state index in [9.17, 15) is 14.4 Å². The van der Waals surface area contributed by atoms with Crippen molar-refractivity contribution in [2.24, 2.45) is 17.4 Å². The Bertz CT molecular complexity index is 1500. The molecule has 0 aliphatic heterocycles. The van der Waals surface area contributed by atoms with Crippen LogP contribution in [0.25, 0.3) is 21.9 Å². The molecule has 0 aliphatic carbocycles. The van der Waals surface area contributed by atoms with Crippen LogP contribution in [0.3, 0.4) is 0 Å². The summed E-state index contributed by atoms with van der Waals surface area (Å²) in [4.78, 5) is 44.8. The largest absolute Gasteiger partial charge is 0.444 e. The summed E-state index contributed by atoms with van der Waals surface area (Å²) in [6, 6.07) is 13.3. The van der Waals surface area contributed by atoms with E-state index in [2.05, 4.69) is 44.3 Å². The highest BCUT2D eigenvalue weighted by atomic mass is 16.5. The number of imidazole rings is 1. The highest BCUT2D eigenvalue weighted by Gasteiger charge is 2.17. The minimum absolute atomic E-state index is 0.0188. The number of carbonyl (C=O) groups excluding carboxylic acids is 3. The molecule has 0 unspecified atom stereocenters. The van der Waals surface area contributed by atoms with Crippen LogP contribution in [0.2, 0.25) is 0 Å². The third-order valence-electron chi connectivity index (χ3n) is 6.16. The summed E-state index contributed by atoms with van der Waals surface area (Å²) in [6.45, 7) is 5.42. The number of benzene rings is 2. The van der Waals surface area contributed by atoms with Crippen molar-refractivity contribution in [3.05, 3.63) is 60.4 Å². The Morgan fingerprint density at radius 2 is 1.80 bits per heavy atom. The maximum atomic E-state index is 12.7. The lowest BCUT2D eigenvalue weighted by molar-refractivity contribution is -0.117. The van der Waals surface area contributed by atoms with E-state index >= 15 is 0 Å². The van der Waals surface area contributed by atoms with Gasteiger partial charge in [0.1, 0.15) is 12.1 Å². The SMILES string of the molecule is CC(C)Cn1cnc2c(NC(=O)OCc3ccc(NC(=O)[C@@H](N)CCCNC(N)=O)cc3)nc3ccccc3c21. The number of primary amides is 1. The van der Waals surface area contributed by atoms with Crippen LogP contribution < -0.4 is 27.4 Å². The van der Waals surface area contributed by atoms with E-state index in [0.29, 0.717) is 42.3 Å². The van der Waals surface area contributed by atoms with Crippen molar-refractivity contribution in [3.63, 3.8) is 0 Å². The van der Waals surface area contributed by atoms with Crippen molar-refractivity contribution in [2.45, 2.75) is 45.9 Å². The number of nitrogens with one attached hydrogen (secondary N) is 3. The molecular weight excluding hydrogens is 512 g/mol. The normalized spacial score (nSPS) is 11.9. The molecular formula is C28H34N8O4. The highest BCUT2D eigenvalue weighted by Crippen LogP contribution is 2.29. The van der Waals surface area contributed by atoms with E-state index in [4.69, 9.17) is 16.2 Å². The number of anilines is 2. The molecule has 12 heteroatoms. The number of ether oxygens (including phenoxy) is 1. The summed E-state index contributed by atoms with van der Waals surface area (Å²) < 4.78 is 7.50. The molecule has 4 amide bonds. The predicted molar refractivity (Wildman–Crippen MR) is 154 cm³/mol. The summed E-state index contributed by atoms with van der Waals surface area (Å²) in [5.41, 5.74) is 14.5. The molecule has 4 rings (SSSR count). The fourth-order valence-corrected chi connectivity index (χ4v) is 4.27. The van der Waals surface area contributed by atoms with Crippen LogP contribution in [0.15, 0.2) is 54.9 Å². The molecule has 0 bridgehead atoms. The van der Waals surface area contributed by atoms with Crippen molar-refractivity contribution < 1.29 is 19.1 Å². The van der Waals surface area contributed by atoms with Crippen molar-refractivity contribution >= 4 is 51.5 Å². The van der Waals surface area contributed by atoms with Gasteiger partial charge in [-0.3, -0.25) is 10.1 Å². The van der Waals surface area contributed by atoms with Crippen LogP contribution in [0.4, 0.5) is 21.1 Å². The van der Waals surface area contributed by atoms with Gasteiger partial charge in [0, 0.05) is 24.2 Å². The Balaban J connectivity index is 1.34. The van der Waals surface area contributed by atoms with Crippen LogP contribution in [0.1, 0.15) is 32.3 Å². The number of para-hydroxylation sites is 1. The number of carbonyl (C=O) groups is 3. The van der Waals surface area contributed by atoms with Crippen LogP contribution in [0.5, 0.6) is 0 Å². The Kier molecular flexibility index (Phi) is 9.12. The number of rotatable bonds is 11. The van der Waals surface area contributed by atoms with Gasteiger partial charge in [-0.2, -0.15) is 0 Å². The Morgan fingerprint density at radius 1 is 1.05 bits per heavy atom. The summed E-state index contributed by atoms with van der Waals surface area (Å²) in [5, 5.41) is 8.91. The fraction of sp³-hybridized carbons (Fsp3) is 0.321. The first-order valence-electron chi connectivity index (χ1n) is 13.1. The van der Waals surface area contributed by atoms with Gasteiger partial charge >= 0.3 is 12.1 Å². The van der Waals surface area contributed by atoms with Gasteiger partial charge in [0.05, 0.1) is 23.4 Å². The van der Waals surface area contributed by atoms with Gasteiger partial charge in [0.15, 0.2) is 5.82 Å². The second-order valence-corrected chi connectivity index (χ2v) is 9.89. The fourth-order valence-electron chi connectivity index (χ4n) is 4.27. The molecule has 2 heterocycles. The molecule has 12 nitrogen and oxygen atoms in total. The minimum Gasteiger partial charge on any atom is -0.444 e. The Hall–Kier alpha value is -4.71. The third kappa shape index (κ3) is 7.23. The summed E-state index contributed by atoms with van der Waals surface area (Å²) in [5.74, 6) is 0.410. The number of amides is 4. The van der Waals surface area contributed by atoms with Gasteiger partial charge in [-0.05, 0) is 42.5 Å². The zero-order chi connectivity index (χ0) is 28.6. The number of nitrogens with zero attached hydrogens (tertiary/aromatic N) is 3. The first-order valence-corrected chi connectivity index (χ1v) is 13.1. The number of pyridine rings is 1. The molecule has 210 valence electrons. The third-order valence-corrected chi connectivity index (χ3v) is 6.16. The zero-order valence-corrected chi connectivity index (χ0v) is 22.5. The quantitative estimate of drug-likeness (QED) is 0.178. The van der Waals surface area contributed by atoms with Crippen molar-refractivity contribution in [3.8, 4) is 0 Å². The van der Waals surface area contributed by atoms with E-state index in [1.165, 1.54) is 0 Å². The van der Waals surface area contributed by atoms with Crippen LogP contribution in [-0.4, -0.2) is 45.2 Å².